The van der Waals surface area contributed by atoms with Gasteiger partial charge in [-0.05, 0) is 49.4 Å². The standard InChI is InChI=1S/C16H25NO3/c1-19-15-6-7-16(20-2)14(8-15)10-17-9-12-4-3-5-13(12)11-18/h6-8,12-13,17-18H,3-5,9-11H2,1-2H3. The maximum Gasteiger partial charge on any atom is 0.123 e. The molecule has 1 saturated carbocycles. The molecule has 1 fully saturated rings. The van der Waals surface area contributed by atoms with Gasteiger partial charge in [-0.1, -0.05) is 6.42 Å². The van der Waals surface area contributed by atoms with Crippen LogP contribution in [0.2, 0.25) is 0 Å². The second-order valence-electron chi connectivity index (χ2n) is 5.44. The third-order valence-electron chi connectivity index (χ3n) is 4.26. The van der Waals surface area contributed by atoms with Crippen LogP contribution in [0.5, 0.6) is 11.5 Å². The van der Waals surface area contributed by atoms with E-state index in [0.717, 1.165) is 36.6 Å². The van der Waals surface area contributed by atoms with Crippen LogP contribution < -0.4 is 14.8 Å². The average molecular weight is 279 g/mol. The maximum absolute atomic E-state index is 9.34. The molecule has 0 saturated heterocycles. The van der Waals surface area contributed by atoms with Gasteiger partial charge in [0.1, 0.15) is 11.5 Å². The maximum atomic E-state index is 9.34. The van der Waals surface area contributed by atoms with Crippen molar-refractivity contribution < 1.29 is 14.6 Å². The molecule has 1 aromatic carbocycles. The Morgan fingerprint density at radius 2 is 2.00 bits per heavy atom. The van der Waals surface area contributed by atoms with Gasteiger partial charge in [-0.3, -0.25) is 0 Å². The zero-order valence-electron chi connectivity index (χ0n) is 12.4. The van der Waals surface area contributed by atoms with E-state index in [1.165, 1.54) is 12.8 Å². The highest BCUT2D eigenvalue weighted by atomic mass is 16.5. The second kappa shape index (κ2) is 7.50. The lowest BCUT2D eigenvalue weighted by atomic mass is 9.97. The SMILES string of the molecule is COc1ccc(OC)c(CNCC2CCCC2CO)c1. The molecule has 0 bridgehead atoms. The lowest BCUT2D eigenvalue weighted by molar-refractivity contribution is 0.192. The van der Waals surface area contributed by atoms with E-state index in [0.29, 0.717) is 18.4 Å². The fourth-order valence-corrected chi connectivity index (χ4v) is 3.04. The normalized spacial score (nSPS) is 21.9. The average Bonchev–Trinajstić information content (AvgIpc) is 2.94. The molecule has 1 aliphatic rings. The van der Waals surface area contributed by atoms with Crippen LogP contribution in [-0.2, 0) is 6.54 Å². The Labute approximate surface area is 121 Å². The van der Waals surface area contributed by atoms with E-state index in [2.05, 4.69) is 5.32 Å². The molecule has 0 aromatic heterocycles. The van der Waals surface area contributed by atoms with E-state index in [9.17, 15) is 5.11 Å². The molecule has 2 rings (SSSR count). The number of hydrogen-bond acceptors (Lipinski definition) is 4. The number of aliphatic hydroxyl groups excluding tert-OH is 1. The molecule has 0 heterocycles. The fraction of sp³-hybridized carbons (Fsp3) is 0.625. The Morgan fingerprint density at radius 3 is 2.70 bits per heavy atom. The number of nitrogens with one attached hydrogen (secondary N) is 1. The predicted octanol–water partition coefficient (Wildman–Crippen LogP) is 2.20. The van der Waals surface area contributed by atoms with E-state index in [1.807, 2.05) is 18.2 Å². The first-order chi connectivity index (χ1) is 9.78. The predicted molar refractivity (Wildman–Crippen MR) is 79.2 cm³/mol. The first-order valence-electron chi connectivity index (χ1n) is 7.31. The van der Waals surface area contributed by atoms with Crippen molar-refractivity contribution in [2.24, 2.45) is 11.8 Å². The summed E-state index contributed by atoms with van der Waals surface area (Å²) in [5.74, 6) is 2.78. The van der Waals surface area contributed by atoms with Crippen molar-refractivity contribution in [3.05, 3.63) is 23.8 Å². The number of methoxy groups -OCH3 is 2. The first kappa shape index (κ1) is 15.1. The Bertz CT molecular complexity index is 422. The van der Waals surface area contributed by atoms with Gasteiger partial charge < -0.3 is 19.9 Å². The van der Waals surface area contributed by atoms with Crippen LogP contribution in [0.4, 0.5) is 0 Å². The highest BCUT2D eigenvalue weighted by Gasteiger charge is 2.25. The molecule has 20 heavy (non-hydrogen) atoms. The van der Waals surface area contributed by atoms with Gasteiger partial charge in [-0.2, -0.15) is 0 Å². The minimum absolute atomic E-state index is 0.314. The van der Waals surface area contributed by atoms with Gasteiger partial charge in [0.2, 0.25) is 0 Å². The van der Waals surface area contributed by atoms with Gasteiger partial charge in [0.05, 0.1) is 14.2 Å². The summed E-state index contributed by atoms with van der Waals surface area (Å²) in [7, 11) is 3.35. The zero-order chi connectivity index (χ0) is 14.4. The molecular formula is C16H25NO3. The fourth-order valence-electron chi connectivity index (χ4n) is 3.04. The summed E-state index contributed by atoms with van der Waals surface area (Å²) in [6.07, 6.45) is 3.61. The lowest BCUT2D eigenvalue weighted by Gasteiger charge is -2.18. The van der Waals surface area contributed by atoms with E-state index in [4.69, 9.17) is 9.47 Å². The third kappa shape index (κ3) is 3.64. The highest BCUT2D eigenvalue weighted by Crippen LogP contribution is 2.31. The van der Waals surface area contributed by atoms with Gasteiger partial charge in [0.25, 0.3) is 0 Å². The molecule has 112 valence electrons. The largest absolute Gasteiger partial charge is 0.497 e. The molecule has 1 aromatic rings. The second-order valence-corrected chi connectivity index (χ2v) is 5.44. The van der Waals surface area contributed by atoms with Crippen molar-refractivity contribution >= 4 is 0 Å². The molecule has 1 aliphatic carbocycles. The van der Waals surface area contributed by atoms with Gasteiger partial charge >= 0.3 is 0 Å². The molecule has 0 aliphatic heterocycles. The van der Waals surface area contributed by atoms with Crippen molar-refractivity contribution in [1.82, 2.24) is 5.32 Å². The van der Waals surface area contributed by atoms with Crippen LogP contribution in [0.15, 0.2) is 18.2 Å². The summed E-state index contributed by atoms with van der Waals surface area (Å²) in [6.45, 7) is 2.02. The number of benzene rings is 1. The minimum Gasteiger partial charge on any atom is -0.497 e. The Balaban J connectivity index is 1.89. The topological polar surface area (TPSA) is 50.7 Å². The third-order valence-corrected chi connectivity index (χ3v) is 4.26. The highest BCUT2D eigenvalue weighted by molar-refractivity contribution is 5.40. The summed E-state index contributed by atoms with van der Waals surface area (Å²) >= 11 is 0. The molecule has 0 amide bonds. The Kier molecular flexibility index (Phi) is 5.68. The summed E-state index contributed by atoms with van der Waals surface area (Å²) in [5, 5.41) is 12.8. The minimum atomic E-state index is 0.314. The molecule has 2 unspecified atom stereocenters. The van der Waals surface area contributed by atoms with Crippen LogP contribution in [-0.4, -0.2) is 32.5 Å². The van der Waals surface area contributed by atoms with Crippen LogP contribution in [0.1, 0.15) is 24.8 Å². The lowest BCUT2D eigenvalue weighted by Crippen LogP contribution is -2.26. The molecule has 4 nitrogen and oxygen atoms in total. The van der Waals surface area contributed by atoms with Crippen molar-refractivity contribution in [1.29, 1.82) is 0 Å². The van der Waals surface area contributed by atoms with E-state index in [1.54, 1.807) is 14.2 Å². The van der Waals surface area contributed by atoms with Crippen LogP contribution in [0.25, 0.3) is 0 Å². The van der Waals surface area contributed by atoms with Gasteiger partial charge in [0.15, 0.2) is 0 Å². The van der Waals surface area contributed by atoms with Crippen molar-refractivity contribution in [3.63, 3.8) is 0 Å². The van der Waals surface area contributed by atoms with Crippen molar-refractivity contribution in [2.75, 3.05) is 27.4 Å². The summed E-state index contributed by atoms with van der Waals surface area (Å²) < 4.78 is 10.6. The quantitative estimate of drug-likeness (QED) is 0.803. The Hall–Kier alpha value is -1.26. The van der Waals surface area contributed by atoms with Gasteiger partial charge in [-0.25, -0.2) is 0 Å². The molecule has 2 atom stereocenters. The van der Waals surface area contributed by atoms with E-state index >= 15 is 0 Å². The van der Waals surface area contributed by atoms with Crippen molar-refractivity contribution in [2.45, 2.75) is 25.8 Å². The molecule has 2 N–H and O–H groups in total. The number of hydrogen-bond donors (Lipinski definition) is 2. The van der Waals surface area contributed by atoms with E-state index in [-0.39, 0.29) is 0 Å². The van der Waals surface area contributed by atoms with Gasteiger partial charge in [-0.15, -0.1) is 0 Å². The number of rotatable bonds is 7. The van der Waals surface area contributed by atoms with Crippen LogP contribution in [0, 0.1) is 11.8 Å². The molecule has 0 spiro atoms. The zero-order valence-corrected chi connectivity index (χ0v) is 12.4. The van der Waals surface area contributed by atoms with Crippen LogP contribution >= 0.6 is 0 Å². The Morgan fingerprint density at radius 1 is 1.20 bits per heavy atom. The smallest absolute Gasteiger partial charge is 0.123 e. The summed E-state index contributed by atoms with van der Waals surface area (Å²) in [5.41, 5.74) is 1.10. The summed E-state index contributed by atoms with van der Waals surface area (Å²) in [6, 6.07) is 5.84. The van der Waals surface area contributed by atoms with Crippen LogP contribution in [0.3, 0.4) is 0 Å². The first-order valence-corrected chi connectivity index (χ1v) is 7.31. The monoisotopic (exact) mass is 279 g/mol. The van der Waals surface area contributed by atoms with E-state index < -0.39 is 0 Å². The molecule has 0 radical (unpaired) electrons. The number of aliphatic hydroxyl groups is 1. The number of ether oxygens (including phenoxy) is 2. The summed E-state index contributed by atoms with van der Waals surface area (Å²) in [4.78, 5) is 0. The van der Waals surface area contributed by atoms with Gasteiger partial charge in [0, 0.05) is 18.7 Å². The molecular weight excluding hydrogens is 254 g/mol. The van der Waals surface area contributed by atoms with Crippen molar-refractivity contribution in [3.8, 4) is 11.5 Å². The molecule has 4 heteroatoms.